The van der Waals surface area contributed by atoms with Gasteiger partial charge in [-0.1, -0.05) is 6.58 Å². The van der Waals surface area contributed by atoms with Crippen molar-refractivity contribution in [1.29, 1.82) is 0 Å². The lowest BCUT2D eigenvalue weighted by Gasteiger charge is -2.28. The van der Waals surface area contributed by atoms with Gasteiger partial charge in [0.1, 0.15) is 11.3 Å². The van der Waals surface area contributed by atoms with E-state index in [1.165, 1.54) is 0 Å². The van der Waals surface area contributed by atoms with Crippen LogP contribution < -0.4 is 10.9 Å². The molecule has 0 bridgehead atoms. The number of rotatable bonds is 7. The van der Waals surface area contributed by atoms with Gasteiger partial charge in [0.2, 0.25) is 0 Å². The third kappa shape index (κ3) is 4.26. The maximum absolute atomic E-state index is 12.3. The smallest absolute Gasteiger partial charge is 0.264 e. The number of amides is 1. The number of nitrogens with zero attached hydrogens (tertiary/aromatic N) is 1. The Morgan fingerprint density at radius 3 is 2.79 bits per heavy atom. The lowest BCUT2D eigenvalue weighted by Crippen LogP contribution is -2.42. The van der Waals surface area contributed by atoms with E-state index in [1.807, 2.05) is 6.08 Å². The lowest BCUT2D eigenvalue weighted by atomic mass is 9.93. The number of aromatic amines is 1. The summed E-state index contributed by atoms with van der Waals surface area (Å²) in [5.41, 5.74) is 0.822. The summed E-state index contributed by atoms with van der Waals surface area (Å²) < 4.78 is 0.796. The number of H-pyrrole nitrogens is 1. The van der Waals surface area contributed by atoms with E-state index in [0.29, 0.717) is 13.0 Å². The first-order chi connectivity index (χ1) is 11.4. The van der Waals surface area contributed by atoms with Gasteiger partial charge in [0, 0.05) is 24.2 Å². The number of hydrogen-bond acceptors (Lipinski definition) is 3. The highest BCUT2D eigenvalue weighted by Gasteiger charge is 2.23. The summed E-state index contributed by atoms with van der Waals surface area (Å²) in [4.78, 5) is 27.2. The summed E-state index contributed by atoms with van der Waals surface area (Å²) in [7, 11) is 4.20. The second kappa shape index (κ2) is 7.66. The Morgan fingerprint density at radius 2 is 2.08 bits per heavy atom. The van der Waals surface area contributed by atoms with E-state index in [0.717, 1.165) is 54.5 Å². The van der Waals surface area contributed by atoms with Crippen molar-refractivity contribution in [1.82, 2.24) is 10.3 Å². The Bertz CT molecular complexity index is 677. The first-order valence-corrected chi connectivity index (χ1v) is 8.54. The van der Waals surface area contributed by atoms with Crippen molar-refractivity contribution in [3.8, 4) is 5.75 Å². The van der Waals surface area contributed by atoms with Gasteiger partial charge in [-0.05, 0) is 31.8 Å². The summed E-state index contributed by atoms with van der Waals surface area (Å²) in [5, 5.41) is 13.1. The second-order valence-electron chi connectivity index (χ2n) is 7.08. The predicted molar refractivity (Wildman–Crippen MR) is 94.4 cm³/mol. The van der Waals surface area contributed by atoms with Gasteiger partial charge in [-0.25, -0.2) is 0 Å². The van der Waals surface area contributed by atoms with E-state index in [1.54, 1.807) is 0 Å². The van der Waals surface area contributed by atoms with Crippen LogP contribution in [0.1, 0.15) is 40.9 Å². The number of likely N-dealkylation sites (N-methyl/N-ethyl adjacent to an activating group) is 1. The first-order valence-electron chi connectivity index (χ1n) is 8.54. The number of pyridine rings is 1. The van der Waals surface area contributed by atoms with E-state index in [4.69, 9.17) is 0 Å². The van der Waals surface area contributed by atoms with E-state index in [-0.39, 0.29) is 11.3 Å². The Labute approximate surface area is 142 Å². The molecule has 0 saturated carbocycles. The third-order valence-corrected chi connectivity index (χ3v) is 4.56. The van der Waals surface area contributed by atoms with Crippen LogP contribution in [0.3, 0.4) is 0 Å². The molecule has 0 aliphatic heterocycles. The van der Waals surface area contributed by atoms with Crippen molar-refractivity contribution in [2.45, 2.75) is 32.1 Å². The Kier molecular flexibility index (Phi) is 5.83. The maximum Gasteiger partial charge on any atom is 0.264 e. The van der Waals surface area contributed by atoms with Crippen molar-refractivity contribution in [2.75, 3.05) is 33.7 Å². The van der Waals surface area contributed by atoms with Crippen LogP contribution in [-0.4, -0.2) is 54.2 Å². The topological polar surface area (TPSA) is 82.2 Å². The largest absolute Gasteiger partial charge is 0.507 e. The fourth-order valence-corrected chi connectivity index (χ4v) is 3.21. The molecule has 0 spiro atoms. The number of aromatic nitrogens is 1. The summed E-state index contributed by atoms with van der Waals surface area (Å²) >= 11 is 0. The number of quaternary nitrogens is 1. The normalized spacial score (nSPS) is 14.1. The molecule has 1 heterocycles. The number of hydrogen-bond donors (Lipinski definition) is 3. The van der Waals surface area contributed by atoms with Crippen molar-refractivity contribution in [3.63, 3.8) is 0 Å². The summed E-state index contributed by atoms with van der Waals surface area (Å²) in [6, 6.07) is 0. The lowest BCUT2D eigenvalue weighted by molar-refractivity contribution is -0.884. The van der Waals surface area contributed by atoms with Gasteiger partial charge in [-0.3, -0.25) is 9.59 Å². The average molecular weight is 334 g/mol. The zero-order chi connectivity index (χ0) is 17.7. The molecule has 0 fully saturated rings. The molecule has 132 valence electrons. The standard InChI is InChI=1S/C18H27N3O3/c1-4-11-21(2,3)12-7-10-19-17(23)15-16(22)13-8-5-6-9-14(13)20-18(15)24/h4H,1,5-12H2,2-3H3,(H2-,19,20,22,23,24)/p+1. The molecular formula is C18H28N3O3+. The Morgan fingerprint density at radius 1 is 1.38 bits per heavy atom. The molecule has 3 N–H and O–H groups in total. The molecule has 1 aliphatic carbocycles. The van der Waals surface area contributed by atoms with Crippen LogP contribution in [0.25, 0.3) is 0 Å². The highest BCUT2D eigenvalue weighted by Crippen LogP contribution is 2.28. The molecule has 1 aromatic heterocycles. The summed E-state index contributed by atoms with van der Waals surface area (Å²) in [6.45, 7) is 5.96. The zero-order valence-electron chi connectivity index (χ0n) is 14.7. The van der Waals surface area contributed by atoms with Gasteiger partial charge in [0.05, 0.1) is 27.2 Å². The fourth-order valence-electron chi connectivity index (χ4n) is 3.21. The molecule has 2 rings (SSSR count). The van der Waals surface area contributed by atoms with E-state index in [2.05, 4.69) is 31.0 Å². The van der Waals surface area contributed by atoms with Crippen molar-refractivity contribution < 1.29 is 14.4 Å². The Balaban J connectivity index is 2.00. The van der Waals surface area contributed by atoms with Crippen LogP contribution >= 0.6 is 0 Å². The molecule has 0 radical (unpaired) electrons. The SMILES string of the molecule is C=CC[N+](C)(C)CCCNC(=O)c1c(O)c2c([nH]c1=O)CCCC2. The van der Waals surface area contributed by atoms with Gasteiger partial charge in [0.25, 0.3) is 11.5 Å². The first kappa shape index (κ1) is 18.3. The van der Waals surface area contributed by atoms with Crippen LogP contribution in [0.2, 0.25) is 0 Å². The molecule has 1 aliphatic rings. The van der Waals surface area contributed by atoms with Crippen LogP contribution in [-0.2, 0) is 12.8 Å². The number of aromatic hydroxyl groups is 1. The predicted octanol–water partition coefficient (Wildman–Crippen LogP) is 1.34. The molecular weight excluding hydrogens is 306 g/mol. The third-order valence-electron chi connectivity index (χ3n) is 4.56. The highest BCUT2D eigenvalue weighted by molar-refractivity contribution is 5.96. The minimum Gasteiger partial charge on any atom is -0.507 e. The molecule has 0 aromatic carbocycles. The van der Waals surface area contributed by atoms with E-state index < -0.39 is 11.5 Å². The summed E-state index contributed by atoms with van der Waals surface area (Å²) in [5.74, 6) is -0.648. The molecule has 0 saturated heterocycles. The molecule has 6 nitrogen and oxygen atoms in total. The number of aryl methyl sites for hydroxylation is 1. The van der Waals surface area contributed by atoms with Gasteiger partial charge < -0.3 is 19.9 Å². The van der Waals surface area contributed by atoms with Crippen LogP contribution in [0.4, 0.5) is 0 Å². The van der Waals surface area contributed by atoms with Crippen molar-refractivity contribution in [2.24, 2.45) is 0 Å². The molecule has 1 aromatic rings. The van der Waals surface area contributed by atoms with Crippen LogP contribution in [0.5, 0.6) is 5.75 Å². The quantitative estimate of drug-likeness (QED) is 0.400. The van der Waals surface area contributed by atoms with Gasteiger partial charge in [-0.2, -0.15) is 0 Å². The van der Waals surface area contributed by atoms with Gasteiger partial charge >= 0.3 is 0 Å². The Hall–Kier alpha value is -2.08. The minimum atomic E-state index is -0.506. The van der Waals surface area contributed by atoms with Crippen LogP contribution in [0.15, 0.2) is 17.4 Å². The maximum atomic E-state index is 12.3. The number of nitrogens with one attached hydrogen (secondary N) is 2. The zero-order valence-corrected chi connectivity index (χ0v) is 14.7. The van der Waals surface area contributed by atoms with E-state index >= 15 is 0 Å². The molecule has 0 atom stereocenters. The summed E-state index contributed by atoms with van der Waals surface area (Å²) in [6.07, 6.45) is 6.07. The fraction of sp³-hybridized carbons (Fsp3) is 0.556. The minimum absolute atomic E-state index is 0.145. The van der Waals surface area contributed by atoms with Gasteiger partial charge in [-0.15, -0.1) is 0 Å². The van der Waals surface area contributed by atoms with Crippen molar-refractivity contribution >= 4 is 5.91 Å². The van der Waals surface area contributed by atoms with Gasteiger partial charge in [0.15, 0.2) is 0 Å². The number of fused-ring (bicyclic) bond motifs is 1. The average Bonchev–Trinajstić information content (AvgIpc) is 2.51. The highest BCUT2D eigenvalue weighted by atomic mass is 16.3. The second-order valence-corrected chi connectivity index (χ2v) is 7.08. The molecule has 6 heteroatoms. The van der Waals surface area contributed by atoms with E-state index in [9.17, 15) is 14.7 Å². The van der Waals surface area contributed by atoms with Crippen LogP contribution in [0, 0.1) is 0 Å². The molecule has 24 heavy (non-hydrogen) atoms. The molecule has 0 unspecified atom stereocenters. The van der Waals surface area contributed by atoms with Crippen molar-refractivity contribution in [3.05, 3.63) is 39.8 Å². The monoisotopic (exact) mass is 334 g/mol. The number of carbonyl (C=O) groups excluding carboxylic acids is 1. The molecule has 1 amide bonds. The number of carbonyl (C=O) groups is 1.